The van der Waals surface area contributed by atoms with Crippen LogP contribution in [0, 0.1) is 0 Å². The van der Waals surface area contributed by atoms with Crippen LogP contribution in [0.4, 0.5) is 18.9 Å². The fraction of sp³-hybridized carbons (Fsp3) is 0.111. The molecule has 16 heavy (non-hydrogen) atoms. The lowest BCUT2D eigenvalue weighted by Crippen LogP contribution is -2.29. The van der Waals surface area contributed by atoms with Crippen LogP contribution < -0.4 is 10.9 Å². The summed E-state index contributed by atoms with van der Waals surface area (Å²) in [6, 6.07) is 3.98. The average molecular weight is 232 g/mol. The van der Waals surface area contributed by atoms with E-state index in [0.717, 1.165) is 24.3 Å². The van der Waals surface area contributed by atoms with Crippen molar-refractivity contribution in [2.24, 2.45) is 0 Å². The number of hydrogen-bond donors (Lipinski definition) is 2. The Labute approximate surface area is 88.4 Å². The van der Waals surface area contributed by atoms with E-state index in [1.165, 1.54) is 0 Å². The van der Waals surface area contributed by atoms with Gasteiger partial charge in [0.05, 0.1) is 11.3 Å². The van der Waals surface area contributed by atoms with Crippen LogP contribution in [-0.2, 0) is 15.8 Å². The third-order valence-electron chi connectivity index (χ3n) is 1.65. The lowest BCUT2D eigenvalue weighted by atomic mass is 10.2. The molecule has 0 aliphatic carbocycles. The summed E-state index contributed by atoms with van der Waals surface area (Å²) in [6.45, 7) is 0. The van der Waals surface area contributed by atoms with Crippen LogP contribution in [-0.4, -0.2) is 12.2 Å². The molecule has 7 heteroatoms. The molecule has 0 heterocycles. The maximum Gasteiger partial charge on any atom is 0.416 e. The summed E-state index contributed by atoms with van der Waals surface area (Å²) in [6.07, 6.45) is -4.36. The SMILES string of the molecule is O=CC(=O)NNc1ccc(C(F)(F)F)cc1. The van der Waals surface area contributed by atoms with Crippen molar-refractivity contribution >= 4 is 17.9 Å². The van der Waals surface area contributed by atoms with Crippen molar-refractivity contribution in [2.45, 2.75) is 6.18 Å². The minimum absolute atomic E-state index is 0.0388. The Bertz CT molecular complexity index is 387. The Kier molecular flexibility index (Phi) is 3.49. The van der Waals surface area contributed by atoms with Gasteiger partial charge in [-0.25, -0.2) is 0 Å². The molecule has 1 amide bonds. The highest BCUT2D eigenvalue weighted by atomic mass is 19.4. The molecule has 0 spiro atoms. The van der Waals surface area contributed by atoms with Crippen molar-refractivity contribution in [3.63, 3.8) is 0 Å². The number of carbonyl (C=O) groups excluding carboxylic acids is 2. The van der Waals surface area contributed by atoms with Gasteiger partial charge in [-0.1, -0.05) is 0 Å². The molecule has 0 unspecified atom stereocenters. The number of alkyl halides is 3. The molecular weight excluding hydrogens is 225 g/mol. The molecule has 0 aliphatic heterocycles. The van der Waals surface area contributed by atoms with Gasteiger partial charge in [0.1, 0.15) is 0 Å². The smallest absolute Gasteiger partial charge is 0.298 e. The van der Waals surface area contributed by atoms with Gasteiger partial charge in [-0.05, 0) is 24.3 Å². The van der Waals surface area contributed by atoms with E-state index in [0.29, 0.717) is 0 Å². The predicted octanol–water partition coefficient (Wildman–Crippen LogP) is 1.35. The third-order valence-corrected chi connectivity index (χ3v) is 1.65. The quantitative estimate of drug-likeness (QED) is 0.470. The topological polar surface area (TPSA) is 58.2 Å². The van der Waals surface area contributed by atoms with Gasteiger partial charge in [0.15, 0.2) is 0 Å². The fourth-order valence-corrected chi connectivity index (χ4v) is 0.906. The van der Waals surface area contributed by atoms with Crippen LogP contribution >= 0.6 is 0 Å². The molecule has 2 N–H and O–H groups in total. The van der Waals surface area contributed by atoms with Crippen LogP contribution in [0.3, 0.4) is 0 Å². The molecule has 0 atom stereocenters. The maximum absolute atomic E-state index is 12.2. The largest absolute Gasteiger partial charge is 0.416 e. The highest BCUT2D eigenvalue weighted by Gasteiger charge is 2.29. The van der Waals surface area contributed by atoms with Crippen molar-refractivity contribution in [1.29, 1.82) is 0 Å². The van der Waals surface area contributed by atoms with E-state index in [9.17, 15) is 22.8 Å². The number of rotatable bonds is 3. The minimum Gasteiger partial charge on any atom is -0.298 e. The van der Waals surface area contributed by atoms with Crippen molar-refractivity contribution in [3.8, 4) is 0 Å². The summed E-state index contributed by atoms with van der Waals surface area (Å²) in [4.78, 5) is 20.4. The van der Waals surface area contributed by atoms with Crippen molar-refractivity contribution < 1.29 is 22.8 Å². The molecule has 0 bridgehead atoms. The first-order valence-corrected chi connectivity index (χ1v) is 4.12. The van der Waals surface area contributed by atoms with Gasteiger partial charge in [0.2, 0.25) is 6.29 Å². The number of benzene rings is 1. The normalized spacial score (nSPS) is 10.7. The second kappa shape index (κ2) is 4.65. The monoisotopic (exact) mass is 232 g/mol. The van der Waals surface area contributed by atoms with E-state index < -0.39 is 17.6 Å². The first kappa shape index (κ1) is 12.0. The second-order valence-corrected chi connectivity index (χ2v) is 2.81. The average Bonchev–Trinajstić information content (AvgIpc) is 2.25. The zero-order chi connectivity index (χ0) is 12.2. The molecule has 1 aromatic carbocycles. The summed E-state index contributed by atoms with van der Waals surface area (Å²) in [7, 11) is 0. The molecular formula is C9H7F3N2O2. The van der Waals surface area contributed by atoms with Gasteiger partial charge < -0.3 is 0 Å². The van der Waals surface area contributed by atoms with Gasteiger partial charge in [-0.3, -0.25) is 20.4 Å². The van der Waals surface area contributed by atoms with Crippen LogP contribution in [0.2, 0.25) is 0 Å². The molecule has 0 fully saturated rings. The molecule has 0 aliphatic rings. The number of hydrogen-bond acceptors (Lipinski definition) is 3. The lowest BCUT2D eigenvalue weighted by molar-refractivity contribution is -0.137. The highest BCUT2D eigenvalue weighted by Crippen LogP contribution is 2.29. The summed E-state index contributed by atoms with van der Waals surface area (Å²) in [5, 5.41) is 0. The zero-order valence-corrected chi connectivity index (χ0v) is 7.84. The Hall–Kier alpha value is -2.05. The number of hydrazine groups is 1. The zero-order valence-electron chi connectivity index (χ0n) is 7.84. The van der Waals surface area contributed by atoms with Crippen molar-refractivity contribution in [3.05, 3.63) is 29.8 Å². The number of amides is 1. The number of nitrogens with one attached hydrogen (secondary N) is 2. The van der Waals surface area contributed by atoms with Crippen LogP contribution in [0.1, 0.15) is 5.56 Å². The van der Waals surface area contributed by atoms with Crippen LogP contribution in [0.25, 0.3) is 0 Å². The first-order chi connectivity index (χ1) is 7.43. The van der Waals surface area contributed by atoms with E-state index in [1.807, 2.05) is 5.43 Å². The molecule has 4 nitrogen and oxygen atoms in total. The van der Waals surface area contributed by atoms with E-state index >= 15 is 0 Å². The molecule has 0 saturated heterocycles. The fourth-order valence-electron chi connectivity index (χ4n) is 0.906. The molecule has 1 rings (SSSR count). The Morgan fingerprint density at radius 3 is 2.19 bits per heavy atom. The number of halogens is 3. The van der Waals surface area contributed by atoms with Gasteiger partial charge in [-0.15, -0.1) is 0 Å². The molecule has 0 aromatic heterocycles. The second-order valence-electron chi connectivity index (χ2n) is 2.81. The highest BCUT2D eigenvalue weighted by molar-refractivity contribution is 6.23. The summed E-state index contributed by atoms with van der Waals surface area (Å²) >= 11 is 0. The van der Waals surface area contributed by atoms with Gasteiger partial charge in [-0.2, -0.15) is 13.2 Å². The summed E-state index contributed by atoms with van der Waals surface area (Å²) in [5.41, 5.74) is 3.69. The predicted molar refractivity (Wildman–Crippen MR) is 49.3 cm³/mol. The molecule has 1 aromatic rings. The van der Waals surface area contributed by atoms with E-state index in [2.05, 4.69) is 5.43 Å². The number of carbonyl (C=O) groups is 2. The van der Waals surface area contributed by atoms with Gasteiger partial charge >= 0.3 is 12.1 Å². The lowest BCUT2D eigenvalue weighted by Gasteiger charge is -2.08. The molecule has 0 saturated carbocycles. The van der Waals surface area contributed by atoms with Crippen molar-refractivity contribution in [2.75, 3.05) is 5.43 Å². The van der Waals surface area contributed by atoms with Gasteiger partial charge in [0.25, 0.3) is 0 Å². The summed E-state index contributed by atoms with van der Waals surface area (Å²) in [5.74, 6) is -0.917. The number of anilines is 1. The molecule has 86 valence electrons. The maximum atomic E-state index is 12.2. The van der Waals surface area contributed by atoms with E-state index in [4.69, 9.17) is 0 Å². The standard InChI is InChI=1S/C9H7F3N2O2/c10-9(11,12)6-1-3-7(4-2-6)13-14-8(16)5-15/h1-5,13H,(H,14,16). The van der Waals surface area contributed by atoms with Gasteiger partial charge in [0, 0.05) is 0 Å². The Morgan fingerprint density at radius 1 is 1.19 bits per heavy atom. The van der Waals surface area contributed by atoms with E-state index in [1.54, 1.807) is 0 Å². The first-order valence-electron chi connectivity index (χ1n) is 4.12. The Morgan fingerprint density at radius 2 is 1.75 bits per heavy atom. The third kappa shape index (κ3) is 3.26. The van der Waals surface area contributed by atoms with Crippen LogP contribution in [0.15, 0.2) is 24.3 Å². The summed E-state index contributed by atoms with van der Waals surface area (Å²) < 4.78 is 36.5. The van der Waals surface area contributed by atoms with Crippen LogP contribution in [0.5, 0.6) is 0 Å². The van der Waals surface area contributed by atoms with Crippen molar-refractivity contribution in [1.82, 2.24) is 5.43 Å². The minimum atomic E-state index is -4.40. The Balaban J connectivity index is 2.65. The number of aldehydes is 1. The van der Waals surface area contributed by atoms with E-state index in [-0.39, 0.29) is 12.0 Å². The molecule has 0 radical (unpaired) electrons.